The van der Waals surface area contributed by atoms with Crippen LogP contribution >= 0.6 is 7.82 Å². The lowest BCUT2D eigenvalue weighted by Gasteiger charge is -2.27. The predicted molar refractivity (Wildman–Crippen MR) is 378 cm³/mol. The maximum absolute atomic E-state index is 13.6. The van der Waals surface area contributed by atoms with Crippen LogP contribution in [0, 0.1) is 0 Å². The molecule has 0 heterocycles. The van der Waals surface area contributed by atoms with Crippen molar-refractivity contribution in [3.05, 3.63) is 122 Å². The number of quaternary nitrogens is 1. The van der Waals surface area contributed by atoms with Gasteiger partial charge >= 0.3 is 13.8 Å². The van der Waals surface area contributed by atoms with Crippen molar-refractivity contribution >= 4 is 19.7 Å². The minimum Gasteiger partial charge on any atom is -0.456 e. The predicted octanol–water partition coefficient (Wildman–Crippen LogP) is 23.0. The quantitative estimate of drug-likeness (QED) is 0.0205. The number of nitrogens with zero attached hydrogens (tertiary/aromatic N) is 1. The summed E-state index contributed by atoms with van der Waals surface area (Å²) in [6.45, 7) is 6.85. The SMILES string of the molecule is CC/C=C\C/C=C\C/C=C\C/C=C\C/C=C\C/C=C\CCCCC(=O)NC(COP(=O)(O)OCC[N+](C)(C)C)C(/C=C\CCCCCCCCCCCCC)OC(=O)CCCCCCCCCCCCCCCC/C=C\C/C=C\C/C=C\CCCCC. The van der Waals surface area contributed by atoms with Gasteiger partial charge in [-0.25, -0.2) is 4.57 Å². The zero-order valence-corrected chi connectivity index (χ0v) is 58.1. The topological polar surface area (TPSA) is 111 Å². The summed E-state index contributed by atoms with van der Waals surface area (Å²) < 4.78 is 30.8. The van der Waals surface area contributed by atoms with Crippen LogP contribution in [0.3, 0.4) is 0 Å². The van der Waals surface area contributed by atoms with Crippen LogP contribution in [-0.2, 0) is 27.9 Å². The number of allylic oxidation sites excluding steroid dienone is 19. The van der Waals surface area contributed by atoms with Crippen LogP contribution < -0.4 is 5.32 Å². The molecule has 1 amide bonds. The van der Waals surface area contributed by atoms with E-state index in [0.717, 1.165) is 103 Å². The van der Waals surface area contributed by atoms with Gasteiger partial charge in [-0.2, -0.15) is 0 Å². The second-order valence-corrected chi connectivity index (χ2v) is 26.5. The number of carbonyl (C=O) groups is 2. The Morgan fingerprint density at radius 1 is 0.414 bits per heavy atom. The molecule has 0 fully saturated rings. The van der Waals surface area contributed by atoms with Crippen LogP contribution in [-0.4, -0.2) is 74.3 Å². The van der Waals surface area contributed by atoms with Crippen molar-refractivity contribution in [2.24, 2.45) is 0 Å². The third-order valence-electron chi connectivity index (χ3n) is 15.4. The van der Waals surface area contributed by atoms with Gasteiger partial charge in [-0.05, 0) is 122 Å². The number of hydrogen-bond acceptors (Lipinski definition) is 6. The fraction of sp³-hybridized carbons (Fsp3) is 0.714. The summed E-state index contributed by atoms with van der Waals surface area (Å²) in [5.41, 5.74) is 0. The zero-order valence-electron chi connectivity index (χ0n) is 57.2. The van der Waals surface area contributed by atoms with Gasteiger partial charge in [-0.1, -0.05) is 290 Å². The molecule has 0 saturated heterocycles. The normalized spacial score (nSPS) is 14.2. The minimum absolute atomic E-state index is 0.0262. The van der Waals surface area contributed by atoms with Crippen molar-refractivity contribution in [2.75, 3.05) is 40.9 Å². The number of nitrogens with one attached hydrogen (secondary N) is 1. The second-order valence-electron chi connectivity index (χ2n) is 25.0. The molecule has 0 aliphatic carbocycles. The molecule has 0 aliphatic heterocycles. The Balaban J connectivity index is 5.15. The van der Waals surface area contributed by atoms with Crippen LogP contribution in [0.25, 0.3) is 0 Å². The molecule has 2 N–H and O–H groups in total. The lowest BCUT2D eigenvalue weighted by atomic mass is 10.0. The number of unbranched alkanes of at least 4 members (excludes halogenated alkanes) is 30. The second kappa shape index (κ2) is 65.4. The molecule has 500 valence electrons. The Kier molecular flexibility index (Phi) is 62.7. The van der Waals surface area contributed by atoms with Crippen molar-refractivity contribution < 1.29 is 37.3 Å². The number of phosphoric ester groups is 1. The van der Waals surface area contributed by atoms with Crippen LogP contribution in [0.1, 0.15) is 303 Å². The van der Waals surface area contributed by atoms with Crippen molar-refractivity contribution in [1.82, 2.24) is 5.32 Å². The highest BCUT2D eigenvalue weighted by Crippen LogP contribution is 2.43. The molecule has 0 radical (unpaired) electrons. The van der Waals surface area contributed by atoms with Gasteiger partial charge in [0.25, 0.3) is 0 Å². The molecule has 0 bridgehead atoms. The molecule has 0 aromatic heterocycles. The largest absolute Gasteiger partial charge is 0.472 e. The maximum Gasteiger partial charge on any atom is 0.472 e. The summed E-state index contributed by atoms with van der Waals surface area (Å²) in [6.07, 6.45) is 92.2. The summed E-state index contributed by atoms with van der Waals surface area (Å²) in [5, 5.41) is 3.04. The number of hydrogen-bond donors (Lipinski definition) is 2. The Morgan fingerprint density at radius 2 is 0.736 bits per heavy atom. The van der Waals surface area contributed by atoms with E-state index in [4.69, 9.17) is 13.8 Å². The first-order chi connectivity index (χ1) is 42.4. The Labute approximate surface area is 537 Å². The van der Waals surface area contributed by atoms with E-state index < -0.39 is 20.0 Å². The number of esters is 1. The van der Waals surface area contributed by atoms with E-state index in [1.165, 1.54) is 161 Å². The van der Waals surface area contributed by atoms with Crippen molar-refractivity contribution in [3.8, 4) is 0 Å². The zero-order chi connectivity index (χ0) is 63.5. The van der Waals surface area contributed by atoms with Gasteiger partial charge in [-0.3, -0.25) is 18.6 Å². The summed E-state index contributed by atoms with van der Waals surface area (Å²) in [7, 11) is 1.46. The minimum atomic E-state index is -4.48. The van der Waals surface area contributed by atoms with E-state index in [1.807, 2.05) is 33.3 Å². The number of ether oxygens (including phenoxy) is 1. The number of likely N-dealkylation sites (N-methyl/N-ethyl adjacent to an activating group) is 1. The molecule has 3 atom stereocenters. The maximum atomic E-state index is 13.6. The lowest BCUT2D eigenvalue weighted by molar-refractivity contribution is -0.870. The highest BCUT2D eigenvalue weighted by Gasteiger charge is 2.30. The smallest absolute Gasteiger partial charge is 0.456 e. The van der Waals surface area contributed by atoms with Crippen molar-refractivity contribution in [1.29, 1.82) is 0 Å². The summed E-state index contributed by atoms with van der Waals surface area (Å²) in [4.78, 5) is 37.9. The average Bonchev–Trinajstić information content (AvgIpc) is 3.69. The molecule has 0 spiro atoms. The molecule has 0 saturated carbocycles. The number of amides is 1. The van der Waals surface area contributed by atoms with E-state index in [2.05, 4.69) is 135 Å². The standard InChI is InChI=1S/C77H135N2O7P/c1-7-10-13-16-19-22-25-28-30-32-34-36-37-38-39-40-41-43-45-47-49-52-55-58-61-64-67-70-77(81)86-75(68-65-62-59-56-53-50-27-24-21-18-15-12-9-3)74(73-85-87(82,83)84-72-71-79(4,5)6)78-76(80)69-66-63-60-57-54-51-48-46-44-42-35-33-31-29-26-23-20-17-14-11-8-2/h11,14,19-20,22-23,28-31,34-36,42,46,48,54,57,65,68,74-75H,7-10,12-13,15-18,21,24-27,32-33,37-41,43-45,47,49-53,55-56,58-64,66-67,69-73H2,1-6H3,(H-,78,80,82,83)/p+1/b14-11-,22-19-,23-20-,30-28-,31-29-,36-34-,42-35-,48-46-,57-54-,68-65-. The van der Waals surface area contributed by atoms with Gasteiger partial charge < -0.3 is 19.4 Å². The van der Waals surface area contributed by atoms with Crippen LogP contribution in [0.2, 0.25) is 0 Å². The van der Waals surface area contributed by atoms with Gasteiger partial charge in [0.2, 0.25) is 5.91 Å². The number of phosphoric acid groups is 1. The Morgan fingerprint density at radius 3 is 1.14 bits per heavy atom. The monoisotopic (exact) mass is 1230 g/mol. The van der Waals surface area contributed by atoms with E-state index in [1.54, 1.807) is 0 Å². The van der Waals surface area contributed by atoms with E-state index >= 15 is 0 Å². The van der Waals surface area contributed by atoms with Gasteiger partial charge in [0.05, 0.1) is 33.8 Å². The third-order valence-corrected chi connectivity index (χ3v) is 16.4. The molecule has 0 rings (SSSR count). The van der Waals surface area contributed by atoms with E-state index in [-0.39, 0.29) is 37.9 Å². The average molecular weight is 1230 g/mol. The molecule has 0 aromatic carbocycles. The number of carbonyl (C=O) groups excluding carboxylic acids is 2. The van der Waals surface area contributed by atoms with E-state index in [9.17, 15) is 19.0 Å². The van der Waals surface area contributed by atoms with Gasteiger partial charge in [0, 0.05) is 12.8 Å². The summed E-state index contributed by atoms with van der Waals surface area (Å²) >= 11 is 0. The summed E-state index contributed by atoms with van der Waals surface area (Å²) in [5.74, 6) is -0.556. The van der Waals surface area contributed by atoms with Crippen molar-refractivity contribution in [2.45, 2.75) is 315 Å². The fourth-order valence-corrected chi connectivity index (χ4v) is 10.6. The molecule has 9 nitrogen and oxygen atoms in total. The molecule has 87 heavy (non-hydrogen) atoms. The molecule has 0 aliphatic rings. The first-order valence-electron chi connectivity index (χ1n) is 35.9. The Bertz CT molecular complexity index is 1900. The van der Waals surface area contributed by atoms with Crippen molar-refractivity contribution in [3.63, 3.8) is 0 Å². The Hall–Kier alpha value is -3.59. The molecule has 10 heteroatoms. The molecular formula is C77H136N2O7P+. The van der Waals surface area contributed by atoms with Crippen LogP contribution in [0.15, 0.2) is 122 Å². The third kappa shape index (κ3) is 66.7. The van der Waals surface area contributed by atoms with Gasteiger partial charge in [0.1, 0.15) is 19.3 Å². The first kappa shape index (κ1) is 83.4. The molecular weight excluding hydrogens is 1100 g/mol. The highest BCUT2D eigenvalue weighted by molar-refractivity contribution is 7.47. The lowest BCUT2D eigenvalue weighted by Crippen LogP contribution is -2.47. The van der Waals surface area contributed by atoms with Gasteiger partial charge in [0.15, 0.2) is 0 Å². The van der Waals surface area contributed by atoms with Gasteiger partial charge in [-0.15, -0.1) is 0 Å². The fourth-order valence-electron chi connectivity index (χ4n) is 9.89. The number of rotatable bonds is 64. The first-order valence-corrected chi connectivity index (χ1v) is 37.4. The van der Waals surface area contributed by atoms with E-state index in [0.29, 0.717) is 17.4 Å². The molecule has 0 aromatic rings. The molecule has 3 unspecified atom stereocenters. The summed E-state index contributed by atoms with van der Waals surface area (Å²) in [6, 6.07) is -0.880. The van der Waals surface area contributed by atoms with Crippen LogP contribution in [0.5, 0.6) is 0 Å². The highest BCUT2D eigenvalue weighted by atomic mass is 31.2. The van der Waals surface area contributed by atoms with Crippen LogP contribution in [0.4, 0.5) is 0 Å².